The van der Waals surface area contributed by atoms with Gasteiger partial charge in [0.1, 0.15) is 5.75 Å². The van der Waals surface area contributed by atoms with Gasteiger partial charge in [-0.3, -0.25) is 4.79 Å². The van der Waals surface area contributed by atoms with E-state index in [2.05, 4.69) is 9.64 Å². The SMILES string of the molecule is CN1CCN(c2cc3c(c(C(F)(F)F)c2)C(=O)N(Cc2ccc(OC(F)(F)F)cc2)C3)CC1. The molecule has 0 atom stereocenters. The summed E-state index contributed by atoms with van der Waals surface area (Å²) in [6, 6.07) is 7.56. The molecule has 2 aromatic carbocycles. The van der Waals surface area contributed by atoms with Gasteiger partial charge in [0, 0.05) is 45.0 Å². The van der Waals surface area contributed by atoms with Crippen molar-refractivity contribution in [3.05, 3.63) is 58.7 Å². The van der Waals surface area contributed by atoms with Crippen molar-refractivity contribution in [1.82, 2.24) is 9.80 Å². The molecule has 0 spiro atoms. The second-order valence-electron chi connectivity index (χ2n) is 8.17. The number of fused-ring (bicyclic) bond motifs is 1. The van der Waals surface area contributed by atoms with Crippen molar-refractivity contribution in [2.24, 2.45) is 0 Å². The Labute approximate surface area is 186 Å². The number of hydrogen-bond donors (Lipinski definition) is 0. The average Bonchev–Trinajstić information content (AvgIpc) is 3.03. The van der Waals surface area contributed by atoms with Gasteiger partial charge in [-0.15, -0.1) is 13.2 Å². The number of likely N-dealkylation sites (N-methyl/N-ethyl adjacent to an activating group) is 1. The first-order chi connectivity index (χ1) is 15.4. The summed E-state index contributed by atoms with van der Waals surface area (Å²) in [6.07, 6.45) is -9.53. The van der Waals surface area contributed by atoms with Crippen LogP contribution in [0.15, 0.2) is 36.4 Å². The van der Waals surface area contributed by atoms with Crippen molar-refractivity contribution >= 4 is 11.6 Å². The van der Waals surface area contributed by atoms with Crippen LogP contribution in [0.3, 0.4) is 0 Å². The summed E-state index contributed by atoms with van der Waals surface area (Å²) in [5, 5.41) is 0. The molecule has 0 N–H and O–H groups in total. The summed E-state index contributed by atoms with van der Waals surface area (Å²) >= 11 is 0. The Bertz CT molecular complexity index is 1030. The van der Waals surface area contributed by atoms with Crippen molar-refractivity contribution in [1.29, 1.82) is 0 Å². The molecule has 0 saturated carbocycles. The number of carbonyl (C=O) groups is 1. The van der Waals surface area contributed by atoms with Crippen LogP contribution in [0.25, 0.3) is 0 Å². The molecule has 5 nitrogen and oxygen atoms in total. The van der Waals surface area contributed by atoms with Crippen LogP contribution < -0.4 is 9.64 Å². The third-order valence-corrected chi connectivity index (χ3v) is 5.77. The van der Waals surface area contributed by atoms with Crippen molar-refractivity contribution in [3.8, 4) is 5.75 Å². The highest BCUT2D eigenvalue weighted by Gasteiger charge is 2.41. The van der Waals surface area contributed by atoms with Gasteiger partial charge in [0.15, 0.2) is 0 Å². The quantitative estimate of drug-likeness (QED) is 0.613. The van der Waals surface area contributed by atoms with Gasteiger partial charge >= 0.3 is 12.5 Å². The summed E-state index contributed by atoms with van der Waals surface area (Å²) in [4.78, 5) is 18.1. The third-order valence-electron chi connectivity index (χ3n) is 5.77. The van der Waals surface area contributed by atoms with E-state index in [0.29, 0.717) is 29.9 Å². The van der Waals surface area contributed by atoms with E-state index in [1.165, 1.54) is 17.0 Å². The van der Waals surface area contributed by atoms with E-state index in [1.54, 1.807) is 6.07 Å². The molecule has 0 bridgehead atoms. The van der Waals surface area contributed by atoms with Crippen molar-refractivity contribution in [2.75, 3.05) is 38.1 Å². The molecule has 1 saturated heterocycles. The van der Waals surface area contributed by atoms with Crippen LogP contribution in [0.2, 0.25) is 0 Å². The highest BCUT2D eigenvalue weighted by Crippen LogP contribution is 2.40. The molecule has 0 unspecified atom stereocenters. The Morgan fingerprint density at radius 3 is 2.15 bits per heavy atom. The molecule has 2 aromatic rings. The average molecular weight is 473 g/mol. The number of alkyl halides is 6. The van der Waals surface area contributed by atoms with E-state index in [9.17, 15) is 31.1 Å². The summed E-state index contributed by atoms with van der Waals surface area (Å²) < 4.78 is 82.3. The molecular weight excluding hydrogens is 452 g/mol. The predicted molar refractivity (Wildman–Crippen MR) is 108 cm³/mol. The molecule has 1 fully saturated rings. The molecule has 0 aromatic heterocycles. The molecule has 4 rings (SSSR count). The number of hydrogen-bond acceptors (Lipinski definition) is 4. The number of rotatable bonds is 4. The van der Waals surface area contributed by atoms with Crippen LogP contribution in [0.5, 0.6) is 5.75 Å². The van der Waals surface area contributed by atoms with Crippen molar-refractivity contribution < 1.29 is 35.9 Å². The molecule has 2 aliphatic heterocycles. The maximum absolute atomic E-state index is 13.9. The number of ether oxygens (including phenoxy) is 1. The number of anilines is 1. The van der Waals surface area contributed by atoms with Gasteiger partial charge in [-0.2, -0.15) is 13.2 Å². The normalized spacial score (nSPS) is 17.5. The molecule has 2 heterocycles. The molecule has 2 aliphatic rings. The molecule has 1 amide bonds. The fourth-order valence-electron chi connectivity index (χ4n) is 4.11. The Balaban J connectivity index is 1.57. The number of carbonyl (C=O) groups excluding carboxylic acids is 1. The van der Waals surface area contributed by atoms with Gasteiger partial charge < -0.3 is 19.4 Å². The van der Waals surface area contributed by atoms with Gasteiger partial charge in [-0.25, -0.2) is 0 Å². The third kappa shape index (κ3) is 5.18. The van der Waals surface area contributed by atoms with E-state index in [1.807, 2.05) is 11.9 Å². The first kappa shape index (κ1) is 23.2. The highest BCUT2D eigenvalue weighted by atomic mass is 19.4. The first-order valence-electron chi connectivity index (χ1n) is 10.2. The lowest BCUT2D eigenvalue weighted by atomic mass is 10.0. The van der Waals surface area contributed by atoms with Crippen molar-refractivity contribution in [2.45, 2.75) is 25.6 Å². The molecular formula is C22H21F6N3O2. The van der Waals surface area contributed by atoms with Gasteiger partial charge in [-0.1, -0.05) is 12.1 Å². The van der Waals surface area contributed by atoms with Crippen LogP contribution in [0.1, 0.15) is 27.0 Å². The van der Waals surface area contributed by atoms with E-state index in [0.717, 1.165) is 31.3 Å². The fraction of sp³-hybridized carbons (Fsp3) is 0.409. The molecule has 11 heteroatoms. The monoisotopic (exact) mass is 473 g/mol. The van der Waals surface area contributed by atoms with Crippen LogP contribution in [-0.4, -0.2) is 55.3 Å². The standard InChI is InChI=1S/C22H21F6N3O2/c1-29-6-8-30(9-7-29)16-10-15-13-31(20(32)19(15)18(11-16)21(23,24)25)12-14-2-4-17(5-3-14)33-22(26,27)28/h2-5,10-11H,6-9,12-13H2,1H3. The smallest absolute Gasteiger partial charge is 0.406 e. The maximum Gasteiger partial charge on any atom is 0.573 e. The summed E-state index contributed by atoms with van der Waals surface area (Å²) in [5.74, 6) is -1.17. The Kier molecular flexibility index (Phi) is 5.94. The number of halogens is 6. The van der Waals surface area contributed by atoms with E-state index < -0.39 is 29.8 Å². The zero-order chi connectivity index (χ0) is 24.0. The van der Waals surface area contributed by atoms with Crippen LogP contribution in [0.4, 0.5) is 32.0 Å². The summed E-state index contributed by atoms with van der Waals surface area (Å²) in [7, 11) is 1.94. The van der Waals surface area contributed by atoms with E-state index >= 15 is 0 Å². The minimum atomic E-state index is -4.83. The summed E-state index contributed by atoms with van der Waals surface area (Å²) in [6.45, 7) is 2.54. The Morgan fingerprint density at radius 1 is 0.939 bits per heavy atom. The zero-order valence-corrected chi connectivity index (χ0v) is 17.6. The highest BCUT2D eigenvalue weighted by molar-refractivity contribution is 6.00. The van der Waals surface area contributed by atoms with E-state index in [-0.39, 0.29) is 18.7 Å². The topological polar surface area (TPSA) is 36.0 Å². The molecule has 33 heavy (non-hydrogen) atoms. The van der Waals surface area contributed by atoms with Crippen LogP contribution in [0, 0.1) is 0 Å². The molecule has 178 valence electrons. The second kappa shape index (κ2) is 8.44. The number of amides is 1. The Hall–Kier alpha value is -2.95. The molecule has 0 radical (unpaired) electrons. The van der Waals surface area contributed by atoms with Crippen LogP contribution >= 0.6 is 0 Å². The first-order valence-corrected chi connectivity index (χ1v) is 10.2. The predicted octanol–water partition coefficient (Wildman–Crippen LogP) is 4.51. The van der Waals surface area contributed by atoms with Gasteiger partial charge in [0.25, 0.3) is 5.91 Å². The number of benzene rings is 2. The van der Waals surface area contributed by atoms with Crippen molar-refractivity contribution in [3.63, 3.8) is 0 Å². The largest absolute Gasteiger partial charge is 0.573 e. The Morgan fingerprint density at radius 2 is 1.58 bits per heavy atom. The van der Waals surface area contributed by atoms with Gasteiger partial charge in [0.05, 0.1) is 11.1 Å². The minimum absolute atomic E-state index is 0.0143. The van der Waals surface area contributed by atoms with Crippen LogP contribution in [-0.2, 0) is 19.3 Å². The lowest BCUT2D eigenvalue weighted by molar-refractivity contribution is -0.274. The zero-order valence-electron chi connectivity index (χ0n) is 17.6. The van der Waals surface area contributed by atoms with E-state index in [4.69, 9.17) is 0 Å². The lowest BCUT2D eigenvalue weighted by Gasteiger charge is -2.34. The number of piperazine rings is 1. The van der Waals surface area contributed by atoms with Gasteiger partial charge in [0.2, 0.25) is 0 Å². The summed E-state index contributed by atoms with van der Waals surface area (Å²) in [5.41, 5.74) is -0.135. The minimum Gasteiger partial charge on any atom is -0.406 e. The van der Waals surface area contributed by atoms with Gasteiger partial charge in [-0.05, 0) is 42.4 Å². The molecule has 0 aliphatic carbocycles. The number of nitrogens with zero attached hydrogens (tertiary/aromatic N) is 3. The maximum atomic E-state index is 13.9. The second-order valence-corrected chi connectivity index (χ2v) is 8.17. The fourth-order valence-corrected chi connectivity index (χ4v) is 4.11. The lowest BCUT2D eigenvalue weighted by Crippen LogP contribution is -2.44.